The largest absolute Gasteiger partial charge is 0.331 e. The highest BCUT2D eigenvalue weighted by Gasteiger charge is 2.43. The van der Waals surface area contributed by atoms with Crippen LogP contribution in [0.4, 0.5) is 25.8 Å². The minimum Gasteiger partial charge on any atom is -0.314 e. The van der Waals surface area contributed by atoms with E-state index >= 15 is 0 Å². The van der Waals surface area contributed by atoms with E-state index in [1.165, 1.54) is 10.4 Å². The Morgan fingerprint density at radius 2 is 1.63 bits per heavy atom. The maximum Gasteiger partial charge on any atom is 0.331 e. The predicted molar refractivity (Wildman–Crippen MR) is 104 cm³/mol. The Labute approximate surface area is 163 Å². The number of benzene rings is 2. The molecule has 4 rings (SSSR count). The molecule has 146 valence electrons. The summed E-state index contributed by atoms with van der Waals surface area (Å²) in [4.78, 5) is 0. The Kier molecular flexibility index (Phi) is 5.60. The van der Waals surface area contributed by atoms with Crippen LogP contribution in [-0.4, -0.2) is 27.5 Å². The first kappa shape index (κ1) is 19.9. The summed E-state index contributed by atoms with van der Waals surface area (Å²) in [5, 5.41) is 3.34. The van der Waals surface area contributed by atoms with Crippen molar-refractivity contribution < 1.29 is 17.2 Å². The minimum atomic E-state index is -4.11. The summed E-state index contributed by atoms with van der Waals surface area (Å²) in [6, 6.07) is 10.4. The molecule has 0 spiro atoms. The topological polar surface area (TPSA) is 52.7 Å². The second kappa shape index (κ2) is 7.61. The molecule has 0 radical (unpaired) electrons. The molecule has 0 amide bonds. The van der Waals surface area contributed by atoms with E-state index in [2.05, 4.69) is 5.32 Å². The van der Waals surface area contributed by atoms with Gasteiger partial charge in [-0.3, -0.25) is 4.31 Å². The molecular weight excluding hydrogens is 396 g/mol. The summed E-state index contributed by atoms with van der Waals surface area (Å²) in [7, 11) is -4.11. The Morgan fingerprint density at radius 1 is 1.00 bits per heavy atom. The molecule has 0 bridgehead atoms. The maximum absolute atomic E-state index is 14.3. The van der Waals surface area contributed by atoms with Crippen molar-refractivity contribution >= 4 is 39.7 Å². The molecule has 1 fully saturated rings. The van der Waals surface area contributed by atoms with E-state index in [1.54, 1.807) is 24.3 Å². The number of hydrogen-bond donors (Lipinski definition) is 1. The first-order chi connectivity index (χ1) is 12.5. The molecule has 27 heavy (non-hydrogen) atoms. The second-order valence-electron chi connectivity index (χ2n) is 6.49. The van der Waals surface area contributed by atoms with Gasteiger partial charge in [0, 0.05) is 12.6 Å². The number of nitrogens with zero attached hydrogens (tertiary/aromatic N) is 2. The second-order valence-corrected chi connectivity index (χ2v) is 8.19. The van der Waals surface area contributed by atoms with Gasteiger partial charge in [-0.05, 0) is 50.1 Å². The summed E-state index contributed by atoms with van der Waals surface area (Å²) in [5.41, 5.74) is 0.117. The van der Waals surface area contributed by atoms with Crippen LogP contribution < -0.4 is 13.9 Å². The first-order valence-corrected chi connectivity index (χ1v) is 9.99. The van der Waals surface area contributed by atoms with Crippen molar-refractivity contribution in [2.24, 2.45) is 0 Å². The van der Waals surface area contributed by atoms with Gasteiger partial charge in [-0.1, -0.05) is 18.2 Å². The minimum absolute atomic E-state index is 0. The molecule has 1 aliphatic carbocycles. The fraction of sp³-hybridized carbons (Fsp3) is 0.333. The fourth-order valence-electron chi connectivity index (χ4n) is 3.16. The van der Waals surface area contributed by atoms with E-state index in [1.807, 2.05) is 0 Å². The van der Waals surface area contributed by atoms with Gasteiger partial charge < -0.3 is 5.32 Å². The molecule has 1 N–H and O–H groups in total. The first-order valence-electron chi connectivity index (χ1n) is 8.59. The van der Waals surface area contributed by atoms with Gasteiger partial charge in [0.2, 0.25) is 0 Å². The molecule has 0 saturated heterocycles. The Bertz CT molecular complexity index is 918. The van der Waals surface area contributed by atoms with Crippen LogP contribution in [0.15, 0.2) is 42.5 Å². The molecule has 1 heterocycles. The monoisotopic (exact) mass is 415 g/mol. The third-order valence-corrected chi connectivity index (χ3v) is 6.34. The van der Waals surface area contributed by atoms with Crippen molar-refractivity contribution in [2.75, 3.05) is 21.7 Å². The highest BCUT2D eigenvalue weighted by molar-refractivity contribution is 7.95. The average Bonchev–Trinajstić information content (AvgIpc) is 3.39. The molecule has 0 atom stereocenters. The average molecular weight is 416 g/mol. The molecular formula is C18H20ClF2N3O2S. The van der Waals surface area contributed by atoms with Gasteiger partial charge in [-0.2, -0.15) is 8.42 Å². The van der Waals surface area contributed by atoms with Crippen molar-refractivity contribution in [3.63, 3.8) is 0 Å². The quantitative estimate of drug-likeness (QED) is 0.731. The number of fused-ring (bicyclic) bond motifs is 1. The summed E-state index contributed by atoms with van der Waals surface area (Å²) in [5.74, 6) is -1.83. The van der Waals surface area contributed by atoms with E-state index in [-0.39, 0.29) is 24.6 Å². The standard InChI is InChI=1S/C18H19F2N3O2S.ClH/c19-14-5-3-6-15(20)18(14)23-17-8-2-1-7-16(17)22(26(23,24)25)12-4-11-21-13-9-10-13;/h1-3,5-8,13,21H,4,9-12H2;1H. The number of para-hydroxylation sites is 3. The van der Waals surface area contributed by atoms with E-state index in [9.17, 15) is 17.2 Å². The Balaban J connectivity index is 0.00000210. The maximum atomic E-state index is 14.3. The van der Waals surface area contributed by atoms with Crippen LogP contribution in [-0.2, 0) is 10.2 Å². The molecule has 2 aliphatic rings. The molecule has 0 unspecified atom stereocenters. The van der Waals surface area contributed by atoms with Crippen LogP contribution >= 0.6 is 12.4 Å². The van der Waals surface area contributed by atoms with Crippen LogP contribution in [0.2, 0.25) is 0 Å². The normalized spacial score (nSPS) is 17.6. The lowest BCUT2D eigenvalue weighted by Gasteiger charge is -2.22. The third-order valence-electron chi connectivity index (χ3n) is 4.57. The van der Waals surface area contributed by atoms with Crippen molar-refractivity contribution in [3.8, 4) is 0 Å². The van der Waals surface area contributed by atoms with Gasteiger partial charge in [-0.15, -0.1) is 12.4 Å². The number of hydrogen-bond acceptors (Lipinski definition) is 3. The molecule has 2 aromatic carbocycles. The fourth-order valence-corrected chi connectivity index (χ4v) is 4.93. The van der Waals surface area contributed by atoms with Crippen LogP contribution in [0.5, 0.6) is 0 Å². The third kappa shape index (κ3) is 3.61. The van der Waals surface area contributed by atoms with Crippen LogP contribution in [0.25, 0.3) is 0 Å². The van der Waals surface area contributed by atoms with Crippen LogP contribution in [0.3, 0.4) is 0 Å². The number of halogens is 3. The van der Waals surface area contributed by atoms with Crippen molar-refractivity contribution in [1.29, 1.82) is 0 Å². The summed E-state index contributed by atoms with van der Waals surface area (Å²) in [6.45, 7) is 0.943. The van der Waals surface area contributed by atoms with E-state index < -0.39 is 27.5 Å². The molecule has 1 saturated carbocycles. The Hall–Kier alpha value is -1.90. The van der Waals surface area contributed by atoms with E-state index in [4.69, 9.17) is 0 Å². The molecule has 1 aliphatic heterocycles. The number of anilines is 3. The van der Waals surface area contributed by atoms with Gasteiger partial charge in [0.15, 0.2) is 11.6 Å². The van der Waals surface area contributed by atoms with E-state index in [0.29, 0.717) is 24.7 Å². The number of rotatable bonds is 6. The zero-order valence-electron chi connectivity index (χ0n) is 14.4. The predicted octanol–water partition coefficient (Wildman–Crippen LogP) is 3.73. The lowest BCUT2D eigenvalue weighted by atomic mass is 10.2. The molecule has 2 aromatic rings. The number of nitrogens with one attached hydrogen (secondary N) is 1. The van der Waals surface area contributed by atoms with Crippen LogP contribution in [0, 0.1) is 11.6 Å². The molecule has 9 heteroatoms. The zero-order chi connectivity index (χ0) is 18.3. The van der Waals surface area contributed by atoms with Gasteiger partial charge in [0.05, 0.1) is 11.4 Å². The van der Waals surface area contributed by atoms with Gasteiger partial charge in [-0.25, -0.2) is 13.1 Å². The van der Waals surface area contributed by atoms with Crippen molar-refractivity contribution in [1.82, 2.24) is 5.32 Å². The van der Waals surface area contributed by atoms with E-state index in [0.717, 1.165) is 29.3 Å². The van der Waals surface area contributed by atoms with Gasteiger partial charge in [0.1, 0.15) is 5.69 Å². The van der Waals surface area contributed by atoms with Gasteiger partial charge in [0.25, 0.3) is 0 Å². The molecule has 5 nitrogen and oxygen atoms in total. The van der Waals surface area contributed by atoms with Gasteiger partial charge >= 0.3 is 10.2 Å². The summed E-state index contributed by atoms with van der Waals surface area (Å²) < 4.78 is 56.8. The smallest absolute Gasteiger partial charge is 0.314 e. The summed E-state index contributed by atoms with van der Waals surface area (Å²) >= 11 is 0. The Morgan fingerprint density at radius 3 is 2.26 bits per heavy atom. The zero-order valence-corrected chi connectivity index (χ0v) is 16.1. The lowest BCUT2D eigenvalue weighted by molar-refractivity contribution is 0.573. The SMILES string of the molecule is Cl.O=S1(=O)N(CCCNC2CC2)c2ccccc2N1c1c(F)cccc1F. The van der Waals surface area contributed by atoms with Crippen molar-refractivity contribution in [3.05, 3.63) is 54.1 Å². The lowest BCUT2D eigenvalue weighted by Crippen LogP contribution is -2.37. The molecule has 0 aromatic heterocycles. The van der Waals surface area contributed by atoms with Crippen molar-refractivity contribution in [2.45, 2.75) is 25.3 Å². The highest BCUT2D eigenvalue weighted by Crippen LogP contribution is 2.46. The summed E-state index contributed by atoms with van der Waals surface area (Å²) in [6.07, 6.45) is 2.92. The van der Waals surface area contributed by atoms with Crippen LogP contribution in [0.1, 0.15) is 19.3 Å². The highest BCUT2D eigenvalue weighted by atomic mass is 35.5.